The highest BCUT2D eigenvalue weighted by Crippen LogP contribution is 2.35. The Morgan fingerprint density at radius 3 is 2.46 bits per heavy atom. The molecule has 0 aromatic carbocycles. The lowest BCUT2D eigenvalue weighted by Gasteiger charge is -2.38. The van der Waals surface area contributed by atoms with E-state index in [4.69, 9.17) is 0 Å². The van der Waals surface area contributed by atoms with Crippen LogP contribution < -0.4 is 0 Å². The van der Waals surface area contributed by atoms with Crippen LogP contribution in [0.25, 0.3) is 5.57 Å². The highest BCUT2D eigenvalue weighted by molar-refractivity contribution is 5.67. The van der Waals surface area contributed by atoms with E-state index in [0.29, 0.717) is 11.6 Å². The first-order valence-corrected chi connectivity index (χ1v) is 10.4. The van der Waals surface area contributed by atoms with Gasteiger partial charge in [-0.05, 0) is 91.5 Å². The minimum Gasteiger partial charge on any atom is -0.345 e. The van der Waals surface area contributed by atoms with Gasteiger partial charge in [-0.1, -0.05) is 6.08 Å². The number of likely N-dealkylation sites (tertiary alicyclic amines) is 1. The van der Waals surface area contributed by atoms with Gasteiger partial charge >= 0.3 is 0 Å². The van der Waals surface area contributed by atoms with Crippen LogP contribution in [-0.4, -0.2) is 51.6 Å². The van der Waals surface area contributed by atoms with Crippen molar-refractivity contribution in [3.63, 3.8) is 0 Å². The van der Waals surface area contributed by atoms with Crippen molar-refractivity contribution >= 4 is 5.57 Å². The van der Waals surface area contributed by atoms with Crippen molar-refractivity contribution in [2.24, 2.45) is 5.92 Å². The van der Waals surface area contributed by atoms with E-state index < -0.39 is 0 Å². The Bertz CT molecular complexity index is 645. The molecule has 0 amide bonds. The van der Waals surface area contributed by atoms with Gasteiger partial charge in [-0.25, -0.2) is 0 Å². The predicted octanol–water partition coefficient (Wildman–Crippen LogP) is 5.06. The summed E-state index contributed by atoms with van der Waals surface area (Å²) in [6, 6.07) is 4.98. The van der Waals surface area contributed by atoms with Crippen LogP contribution >= 0.6 is 0 Å². The predicted molar refractivity (Wildman–Crippen MR) is 112 cm³/mol. The number of hydrogen-bond donors (Lipinski definition) is 0. The van der Waals surface area contributed by atoms with Crippen molar-refractivity contribution in [3.05, 3.63) is 30.1 Å². The molecule has 1 aromatic heterocycles. The summed E-state index contributed by atoms with van der Waals surface area (Å²) >= 11 is 0. The van der Waals surface area contributed by atoms with E-state index in [1.54, 1.807) is 0 Å². The Balaban J connectivity index is 1.61. The molecule has 1 aromatic rings. The number of rotatable bonds is 5. The molecule has 0 bridgehead atoms. The maximum Gasteiger partial charge on any atom is 0.0452 e. The molecule has 0 N–H and O–H groups in total. The third kappa shape index (κ3) is 4.09. The number of hydrogen-bond acceptors (Lipinski definition) is 2. The summed E-state index contributed by atoms with van der Waals surface area (Å²) < 4.78 is 2.40. The molecular formula is C23H39N3. The van der Waals surface area contributed by atoms with Crippen molar-refractivity contribution < 1.29 is 0 Å². The fourth-order valence-corrected chi connectivity index (χ4v) is 4.76. The van der Waals surface area contributed by atoms with Gasteiger partial charge in [-0.15, -0.1) is 0 Å². The summed E-state index contributed by atoms with van der Waals surface area (Å²) in [5, 5.41) is 0. The molecule has 1 unspecified atom stereocenters. The summed E-state index contributed by atoms with van der Waals surface area (Å²) in [5.74, 6) is 0.827. The molecule has 1 atom stereocenters. The molecule has 0 aliphatic carbocycles. The summed E-state index contributed by atoms with van der Waals surface area (Å²) in [7, 11) is 0. The highest BCUT2D eigenvalue weighted by atomic mass is 15.2. The average molecular weight is 358 g/mol. The van der Waals surface area contributed by atoms with Crippen LogP contribution in [0.3, 0.4) is 0 Å². The Labute approximate surface area is 161 Å². The summed E-state index contributed by atoms with van der Waals surface area (Å²) in [4.78, 5) is 5.34. The molecule has 0 radical (unpaired) electrons. The second-order valence-electron chi connectivity index (χ2n) is 10.3. The van der Waals surface area contributed by atoms with E-state index in [1.807, 2.05) is 0 Å². The second-order valence-corrected chi connectivity index (χ2v) is 10.3. The van der Waals surface area contributed by atoms with E-state index >= 15 is 0 Å². The van der Waals surface area contributed by atoms with Gasteiger partial charge in [-0.2, -0.15) is 0 Å². The van der Waals surface area contributed by atoms with Crippen molar-refractivity contribution in [1.82, 2.24) is 14.4 Å². The Morgan fingerprint density at radius 1 is 1.12 bits per heavy atom. The second kappa shape index (κ2) is 7.16. The monoisotopic (exact) mass is 357 g/mol. The highest BCUT2D eigenvalue weighted by Gasteiger charge is 2.37. The van der Waals surface area contributed by atoms with Crippen LogP contribution in [0.2, 0.25) is 0 Å². The van der Waals surface area contributed by atoms with E-state index in [2.05, 4.69) is 87.2 Å². The van der Waals surface area contributed by atoms with Crippen molar-refractivity contribution in [2.45, 2.75) is 78.4 Å². The molecule has 26 heavy (non-hydrogen) atoms. The van der Waals surface area contributed by atoms with Crippen LogP contribution in [-0.2, 0) is 0 Å². The van der Waals surface area contributed by atoms with E-state index in [-0.39, 0.29) is 5.54 Å². The molecular weight excluding hydrogens is 318 g/mol. The molecule has 146 valence electrons. The van der Waals surface area contributed by atoms with E-state index in [9.17, 15) is 0 Å². The van der Waals surface area contributed by atoms with Crippen molar-refractivity contribution in [2.75, 3.05) is 26.2 Å². The maximum atomic E-state index is 2.68. The van der Waals surface area contributed by atoms with Gasteiger partial charge in [0.25, 0.3) is 0 Å². The Hall–Kier alpha value is -1.06. The van der Waals surface area contributed by atoms with Gasteiger partial charge in [0.2, 0.25) is 0 Å². The van der Waals surface area contributed by atoms with Gasteiger partial charge in [0.15, 0.2) is 0 Å². The average Bonchev–Trinajstić information content (AvgIpc) is 3.25. The zero-order valence-electron chi connectivity index (χ0n) is 18.0. The van der Waals surface area contributed by atoms with Crippen molar-refractivity contribution in [3.8, 4) is 0 Å². The summed E-state index contributed by atoms with van der Waals surface area (Å²) in [5.41, 5.74) is 3.47. The van der Waals surface area contributed by atoms with Crippen molar-refractivity contribution in [1.29, 1.82) is 0 Å². The Kier molecular flexibility index (Phi) is 5.43. The van der Waals surface area contributed by atoms with Gasteiger partial charge in [0.1, 0.15) is 0 Å². The van der Waals surface area contributed by atoms with Crippen LogP contribution in [0.5, 0.6) is 0 Å². The largest absolute Gasteiger partial charge is 0.345 e. The fraction of sp³-hybridized carbons (Fsp3) is 0.739. The number of nitrogens with zero attached hydrogens (tertiary/aromatic N) is 3. The van der Waals surface area contributed by atoms with E-state index in [0.717, 1.165) is 19.0 Å². The first-order chi connectivity index (χ1) is 12.1. The maximum absolute atomic E-state index is 2.68. The molecule has 0 spiro atoms. The smallest absolute Gasteiger partial charge is 0.0452 e. The topological polar surface area (TPSA) is 11.4 Å². The lowest BCUT2D eigenvalue weighted by atomic mass is 9.88. The molecule has 2 aliphatic rings. The molecule has 3 rings (SSSR count). The molecule has 3 heteroatoms. The van der Waals surface area contributed by atoms with Crippen LogP contribution in [0.15, 0.2) is 24.4 Å². The normalized spacial score (nSPS) is 23.2. The van der Waals surface area contributed by atoms with Crippen LogP contribution in [0, 0.1) is 5.92 Å². The molecule has 0 saturated carbocycles. The third-order valence-corrected chi connectivity index (χ3v) is 6.46. The zero-order chi connectivity index (χ0) is 19.1. The van der Waals surface area contributed by atoms with Gasteiger partial charge in [-0.3, -0.25) is 9.80 Å². The first-order valence-electron chi connectivity index (χ1n) is 10.4. The minimum absolute atomic E-state index is 0.256. The molecule has 2 aliphatic heterocycles. The lowest BCUT2D eigenvalue weighted by molar-refractivity contribution is 0.120. The molecule has 1 saturated heterocycles. The van der Waals surface area contributed by atoms with Gasteiger partial charge < -0.3 is 4.57 Å². The van der Waals surface area contributed by atoms with Crippen LogP contribution in [0.1, 0.15) is 73.0 Å². The SMILES string of the molecule is CC(C)n1cccc1C1=CCN(C(C)(C)CC2CCN(C(C)(C)C)C2)C1. The van der Waals surface area contributed by atoms with Gasteiger partial charge in [0, 0.05) is 48.6 Å². The fourth-order valence-electron chi connectivity index (χ4n) is 4.76. The molecule has 3 nitrogen and oxygen atoms in total. The lowest BCUT2D eigenvalue weighted by Crippen LogP contribution is -2.45. The zero-order valence-corrected chi connectivity index (χ0v) is 18.0. The molecule has 1 fully saturated rings. The standard InChI is InChI=1S/C23H39N3/c1-18(2)26-12-8-9-21(26)20-11-14-25(17-20)23(6,7)15-19-10-13-24(16-19)22(3,4)5/h8-9,11-12,18-19H,10,13-17H2,1-7H3. The number of aromatic nitrogens is 1. The van der Waals surface area contributed by atoms with E-state index in [1.165, 1.54) is 37.2 Å². The minimum atomic E-state index is 0.256. The third-order valence-electron chi connectivity index (χ3n) is 6.46. The first kappa shape index (κ1) is 19.7. The quantitative estimate of drug-likeness (QED) is 0.730. The molecule has 3 heterocycles. The summed E-state index contributed by atoms with van der Waals surface area (Å²) in [6.45, 7) is 21.2. The Morgan fingerprint density at radius 2 is 1.85 bits per heavy atom. The summed E-state index contributed by atoms with van der Waals surface area (Å²) in [6.07, 6.45) is 7.32. The van der Waals surface area contributed by atoms with Crippen LogP contribution in [0.4, 0.5) is 0 Å². The van der Waals surface area contributed by atoms with Gasteiger partial charge in [0.05, 0.1) is 0 Å².